The van der Waals surface area contributed by atoms with Gasteiger partial charge in [0, 0.05) is 18.1 Å². The van der Waals surface area contributed by atoms with E-state index in [-0.39, 0.29) is 5.54 Å². The molecule has 5 heteroatoms. The molecule has 3 rings (SSSR count). The monoisotopic (exact) mass is 236 g/mol. The fourth-order valence-electron chi connectivity index (χ4n) is 2.05. The summed E-state index contributed by atoms with van der Waals surface area (Å²) in [6.45, 7) is 0. The normalized spacial score (nSPS) is 18.3. The first-order valence-electron chi connectivity index (χ1n) is 5.46. The van der Waals surface area contributed by atoms with Crippen molar-refractivity contribution in [3.8, 4) is 0 Å². The number of fused-ring (bicyclic) bond motifs is 1. The van der Waals surface area contributed by atoms with E-state index in [0.29, 0.717) is 5.88 Å². The lowest BCUT2D eigenvalue weighted by molar-refractivity contribution is 0.310. The van der Waals surface area contributed by atoms with Gasteiger partial charge in [0.15, 0.2) is 5.65 Å². The fraction of sp³-hybridized carbons (Fsp3) is 0.455. The molecule has 0 aromatic carbocycles. The molecule has 1 N–H and O–H groups in total. The number of anilines is 1. The second-order valence-corrected chi connectivity index (χ2v) is 4.61. The van der Waals surface area contributed by atoms with Crippen LogP contribution in [0.4, 0.5) is 5.82 Å². The van der Waals surface area contributed by atoms with Gasteiger partial charge in [0.25, 0.3) is 0 Å². The van der Waals surface area contributed by atoms with Gasteiger partial charge < -0.3 is 5.32 Å². The number of alkyl halides is 1. The number of hydrogen-bond donors (Lipinski definition) is 1. The summed E-state index contributed by atoms with van der Waals surface area (Å²) in [5.74, 6) is 1.52. The summed E-state index contributed by atoms with van der Waals surface area (Å²) in [6, 6.07) is 3.83. The van der Waals surface area contributed by atoms with Gasteiger partial charge in [0.2, 0.25) is 0 Å². The average Bonchev–Trinajstić information content (AvgIpc) is 2.70. The van der Waals surface area contributed by atoms with Gasteiger partial charge in [0.1, 0.15) is 5.82 Å². The van der Waals surface area contributed by atoms with Crippen LogP contribution < -0.4 is 5.32 Å². The second-order valence-electron chi connectivity index (χ2n) is 4.34. The summed E-state index contributed by atoms with van der Waals surface area (Å²) in [5.41, 5.74) is 0.918. The summed E-state index contributed by atoms with van der Waals surface area (Å²) in [5, 5.41) is 7.55. The summed E-state index contributed by atoms with van der Waals surface area (Å²) >= 11 is 6.00. The molecular weight excluding hydrogens is 224 g/mol. The molecule has 0 unspecified atom stereocenters. The molecule has 4 nitrogen and oxygen atoms in total. The predicted molar refractivity (Wildman–Crippen MR) is 63.9 cm³/mol. The first kappa shape index (κ1) is 9.90. The van der Waals surface area contributed by atoms with Crippen LogP contribution in [0.3, 0.4) is 0 Å². The first-order valence-corrected chi connectivity index (χ1v) is 5.99. The Bertz CT molecular complexity index is 498. The van der Waals surface area contributed by atoms with E-state index in [4.69, 9.17) is 11.6 Å². The summed E-state index contributed by atoms with van der Waals surface area (Å²) < 4.78 is 1.75. The molecule has 1 aliphatic rings. The van der Waals surface area contributed by atoms with Crippen molar-refractivity contribution in [2.24, 2.45) is 0 Å². The van der Waals surface area contributed by atoms with Crippen LogP contribution in [0.5, 0.6) is 0 Å². The van der Waals surface area contributed by atoms with Crippen LogP contribution in [0.1, 0.15) is 19.3 Å². The molecule has 2 aromatic heterocycles. The number of rotatable bonds is 3. The molecule has 0 spiro atoms. The van der Waals surface area contributed by atoms with Crippen LogP contribution in [0.25, 0.3) is 5.65 Å². The molecule has 16 heavy (non-hydrogen) atoms. The molecule has 0 saturated heterocycles. The Morgan fingerprint density at radius 1 is 1.44 bits per heavy atom. The Kier molecular flexibility index (Phi) is 2.24. The number of nitrogens with one attached hydrogen (secondary N) is 1. The van der Waals surface area contributed by atoms with Gasteiger partial charge in [-0.05, 0) is 25.3 Å². The van der Waals surface area contributed by atoms with Gasteiger partial charge in [-0.3, -0.25) is 0 Å². The molecule has 1 saturated carbocycles. The minimum atomic E-state index is 0.0624. The lowest BCUT2D eigenvalue weighted by Gasteiger charge is -2.41. The van der Waals surface area contributed by atoms with Gasteiger partial charge in [-0.1, -0.05) is 0 Å². The molecule has 0 aliphatic heterocycles. The van der Waals surface area contributed by atoms with Crippen molar-refractivity contribution in [1.29, 1.82) is 0 Å². The predicted octanol–water partition coefficient (Wildman–Crippen LogP) is 2.30. The quantitative estimate of drug-likeness (QED) is 0.832. The van der Waals surface area contributed by atoms with Crippen molar-refractivity contribution in [2.75, 3.05) is 11.2 Å². The van der Waals surface area contributed by atoms with Crippen molar-refractivity contribution in [1.82, 2.24) is 14.6 Å². The highest BCUT2D eigenvalue weighted by Gasteiger charge is 2.36. The number of aromatic nitrogens is 3. The van der Waals surface area contributed by atoms with Crippen LogP contribution in [-0.4, -0.2) is 26.0 Å². The van der Waals surface area contributed by atoms with Crippen LogP contribution in [0.15, 0.2) is 24.5 Å². The molecular formula is C11H13ClN4. The number of nitrogens with zero attached hydrogens (tertiary/aromatic N) is 3. The maximum Gasteiger partial charge on any atom is 0.157 e. The molecule has 1 aliphatic carbocycles. The van der Waals surface area contributed by atoms with Crippen molar-refractivity contribution >= 4 is 23.1 Å². The third-order valence-corrected chi connectivity index (χ3v) is 3.73. The maximum absolute atomic E-state index is 6.00. The molecule has 2 aromatic rings. The molecule has 84 valence electrons. The van der Waals surface area contributed by atoms with Crippen LogP contribution in [0, 0.1) is 0 Å². The summed E-state index contributed by atoms with van der Waals surface area (Å²) in [6.07, 6.45) is 7.15. The smallest absolute Gasteiger partial charge is 0.157 e. The first-order chi connectivity index (χ1) is 7.81. The molecule has 2 heterocycles. The standard InChI is InChI=1S/C11H13ClN4/c12-8-11(4-1-5-11)15-9-3-7-16-10(14-9)2-6-13-16/h2-3,6-7H,1,4-5,8H2,(H,14,15). The fourth-order valence-corrected chi connectivity index (χ4v) is 2.38. The molecule has 0 radical (unpaired) electrons. The zero-order valence-electron chi connectivity index (χ0n) is 8.86. The van der Waals surface area contributed by atoms with E-state index in [9.17, 15) is 0 Å². The lowest BCUT2D eigenvalue weighted by atomic mass is 9.78. The van der Waals surface area contributed by atoms with E-state index >= 15 is 0 Å². The van der Waals surface area contributed by atoms with Gasteiger partial charge in [-0.25, -0.2) is 9.50 Å². The Morgan fingerprint density at radius 2 is 2.31 bits per heavy atom. The molecule has 0 bridgehead atoms. The highest BCUT2D eigenvalue weighted by atomic mass is 35.5. The van der Waals surface area contributed by atoms with Gasteiger partial charge in [-0.2, -0.15) is 5.10 Å². The van der Waals surface area contributed by atoms with Gasteiger partial charge in [0.05, 0.1) is 11.7 Å². The van der Waals surface area contributed by atoms with E-state index in [2.05, 4.69) is 15.4 Å². The van der Waals surface area contributed by atoms with Crippen molar-refractivity contribution in [2.45, 2.75) is 24.8 Å². The third kappa shape index (κ3) is 1.53. The SMILES string of the molecule is ClCC1(Nc2ccn3nccc3n2)CCC1. The topological polar surface area (TPSA) is 42.2 Å². The number of halogens is 1. The Balaban J connectivity index is 1.88. The van der Waals surface area contributed by atoms with Crippen molar-refractivity contribution < 1.29 is 0 Å². The molecule has 1 fully saturated rings. The van der Waals surface area contributed by atoms with E-state index in [1.54, 1.807) is 10.7 Å². The largest absolute Gasteiger partial charge is 0.363 e. The van der Waals surface area contributed by atoms with Gasteiger partial charge >= 0.3 is 0 Å². The van der Waals surface area contributed by atoms with Crippen LogP contribution in [-0.2, 0) is 0 Å². The highest BCUT2D eigenvalue weighted by molar-refractivity contribution is 6.19. The van der Waals surface area contributed by atoms with E-state index in [1.165, 1.54) is 6.42 Å². The Labute approximate surface area is 98.6 Å². The number of hydrogen-bond acceptors (Lipinski definition) is 3. The van der Waals surface area contributed by atoms with Gasteiger partial charge in [-0.15, -0.1) is 11.6 Å². The van der Waals surface area contributed by atoms with E-state index in [1.807, 2.05) is 18.3 Å². The van der Waals surface area contributed by atoms with Crippen LogP contribution in [0.2, 0.25) is 0 Å². The Morgan fingerprint density at radius 3 is 3.00 bits per heavy atom. The van der Waals surface area contributed by atoms with Crippen LogP contribution >= 0.6 is 11.6 Å². The van der Waals surface area contributed by atoms with Crippen molar-refractivity contribution in [3.63, 3.8) is 0 Å². The van der Waals surface area contributed by atoms with E-state index < -0.39 is 0 Å². The highest BCUT2D eigenvalue weighted by Crippen LogP contribution is 2.35. The third-order valence-electron chi connectivity index (χ3n) is 3.22. The average molecular weight is 237 g/mol. The minimum Gasteiger partial charge on any atom is -0.363 e. The van der Waals surface area contributed by atoms with E-state index in [0.717, 1.165) is 24.3 Å². The Hall–Kier alpha value is -1.29. The van der Waals surface area contributed by atoms with Crippen molar-refractivity contribution in [3.05, 3.63) is 24.5 Å². The minimum absolute atomic E-state index is 0.0624. The summed E-state index contributed by atoms with van der Waals surface area (Å²) in [7, 11) is 0. The zero-order chi connectivity index (χ0) is 11.0. The summed E-state index contributed by atoms with van der Waals surface area (Å²) in [4.78, 5) is 4.48. The second kappa shape index (κ2) is 3.63. The molecule has 0 atom stereocenters. The zero-order valence-corrected chi connectivity index (χ0v) is 9.61. The molecule has 0 amide bonds. The lowest BCUT2D eigenvalue weighted by Crippen LogP contribution is -2.47. The maximum atomic E-state index is 6.00.